The molecule has 1 amide bonds. The van der Waals surface area contributed by atoms with Gasteiger partial charge in [0.1, 0.15) is 11.4 Å². The van der Waals surface area contributed by atoms with Crippen LogP contribution in [0.5, 0.6) is 5.75 Å². The summed E-state index contributed by atoms with van der Waals surface area (Å²) in [6.07, 6.45) is 1.54. The molecule has 0 unspecified atom stereocenters. The molecule has 218 valence electrons. The number of rotatable bonds is 13. The van der Waals surface area contributed by atoms with Crippen LogP contribution in [0.4, 0.5) is 0 Å². The van der Waals surface area contributed by atoms with E-state index < -0.39 is 28.1 Å². The Morgan fingerprint density at radius 2 is 1.93 bits per heavy atom. The number of nitrogens with one attached hydrogen (secondary N) is 1. The van der Waals surface area contributed by atoms with Crippen LogP contribution in [0.3, 0.4) is 0 Å². The first-order valence-electron chi connectivity index (χ1n) is 13.4. The van der Waals surface area contributed by atoms with E-state index in [2.05, 4.69) is 10.3 Å². The van der Waals surface area contributed by atoms with Gasteiger partial charge in [0.25, 0.3) is 5.91 Å². The van der Waals surface area contributed by atoms with E-state index in [0.717, 1.165) is 12.0 Å². The van der Waals surface area contributed by atoms with Gasteiger partial charge < -0.3 is 19.9 Å². The van der Waals surface area contributed by atoms with E-state index in [1.807, 2.05) is 30.3 Å². The molecule has 2 aromatic carbocycles. The number of aromatic nitrogens is 1. The van der Waals surface area contributed by atoms with Crippen LogP contribution in [0, 0.1) is 0 Å². The number of carbonyl (C=O) groups is 2. The Kier molecular flexibility index (Phi) is 10.2. The number of benzene rings is 2. The summed E-state index contributed by atoms with van der Waals surface area (Å²) in [7, 11) is -2.61. The fraction of sp³-hybridized carbons (Fsp3) is 0.367. The van der Waals surface area contributed by atoms with E-state index in [-0.39, 0.29) is 47.6 Å². The average Bonchev–Trinajstić information content (AvgIpc) is 3.50. The molecule has 0 radical (unpaired) electrons. The maximum atomic E-state index is 13.8. The molecule has 0 saturated carbocycles. The van der Waals surface area contributed by atoms with Gasteiger partial charge in [0.2, 0.25) is 10.0 Å². The van der Waals surface area contributed by atoms with Crippen molar-refractivity contribution in [1.29, 1.82) is 0 Å². The van der Waals surface area contributed by atoms with Crippen LogP contribution in [0.15, 0.2) is 77.8 Å². The van der Waals surface area contributed by atoms with Crippen molar-refractivity contribution >= 4 is 21.7 Å². The van der Waals surface area contributed by atoms with E-state index in [9.17, 15) is 23.1 Å². The van der Waals surface area contributed by atoms with Crippen molar-refractivity contribution in [1.82, 2.24) is 14.6 Å². The summed E-state index contributed by atoms with van der Waals surface area (Å²) < 4.78 is 39.8. The zero-order valence-electron chi connectivity index (χ0n) is 23.1. The standard InChI is InChI=1S/C30H35N3O7S/c1-21(34)27-17-23(13-14-31-27)30(36)32-28(16-22-8-4-3-5-9-22)29(35)20-33(19-25-11-7-15-40-25)41(37,38)26-12-6-10-24(18-26)39-2/h3-6,8-10,12-14,17-18,25,28-29,35H,7,11,15-16,19-20H2,1-2H3,(H,32,36)/t25-,28+,29-/m1/s1. The van der Waals surface area contributed by atoms with Crippen molar-refractivity contribution in [2.75, 3.05) is 26.8 Å². The molecule has 41 heavy (non-hydrogen) atoms. The lowest BCUT2D eigenvalue weighted by Crippen LogP contribution is -2.51. The molecule has 3 atom stereocenters. The summed E-state index contributed by atoms with van der Waals surface area (Å²) in [5, 5.41) is 14.4. The molecule has 10 nitrogen and oxygen atoms in total. The highest BCUT2D eigenvalue weighted by Crippen LogP contribution is 2.24. The van der Waals surface area contributed by atoms with Crippen molar-refractivity contribution in [3.05, 3.63) is 89.7 Å². The molecule has 1 fully saturated rings. The fourth-order valence-corrected chi connectivity index (χ4v) is 6.23. The zero-order valence-corrected chi connectivity index (χ0v) is 23.9. The Labute approximate surface area is 240 Å². The molecule has 2 heterocycles. The van der Waals surface area contributed by atoms with Gasteiger partial charge in [-0.05, 0) is 49.1 Å². The van der Waals surface area contributed by atoms with Crippen LogP contribution in [0.1, 0.15) is 46.2 Å². The highest BCUT2D eigenvalue weighted by atomic mass is 32.2. The predicted molar refractivity (Wildman–Crippen MR) is 152 cm³/mol. The largest absolute Gasteiger partial charge is 0.497 e. The molecule has 1 aliphatic rings. The molecule has 11 heteroatoms. The molecule has 1 aromatic heterocycles. The third-order valence-electron chi connectivity index (χ3n) is 6.96. The van der Waals surface area contributed by atoms with Crippen molar-refractivity contribution in [3.63, 3.8) is 0 Å². The van der Waals surface area contributed by atoms with Crippen LogP contribution < -0.4 is 10.1 Å². The minimum atomic E-state index is -4.06. The van der Waals surface area contributed by atoms with Crippen LogP contribution in [-0.4, -0.2) is 79.6 Å². The lowest BCUT2D eigenvalue weighted by atomic mass is 10.0. The SMILES string of the molecule is COc1cccc(S(=O)(=O)N(C[C@H]2CCCO2)C[C@@H](O)[C@H](Cc2ccccc2)NC(=O)c2ccnc(C(C)=O)c2)c1. The van der Waals surface area contributed by atoms with E-state index in [1.54, 1.807) is 12.1 Å². The number of hydrogen-bond acceptors (Lipinski definition) is 8. The molecule has 0 spiro atoms. The quantitative estimate of drug-likeness (QED) is 0.294. The summed E-state index contributed by atoms with van der Waals surface area (Å²) in [5.41, 5.74) is 1.19. The van der Waals surface area contributed by atoms with E-state index in [4.69, 9.17) is 9.47 Å². The van der Waals surface area contributed by atoms with E-state index in [0.29, 0.717) is 18.8 Å². The molecule has 2 N–H and O–H groups in total. The van der Waals surface area contributed by atoms with Crippen molar-refractivity contribution in [2.45, 2.75) is 49.3 Å². The highest BCUT2D eigenvalue weighted by Gasteiger charge is 2.34. The lowest BCUT2D eigenvalue weighted by molar-refractivity contribution is 0.0625. The van der Waals surface area contributed by atoms with Crippen molar-refractivity contribution in [3.8, 4) is 5.75 Å². The van der Waals surface area contributed by atoms with Gasteiger partial charge in [-0.2, -0.15) is 4.31 Å². The number of ketones is 1. The molecule has 4 rings (SSSR count). The Hall–Kier alpha value is -3.64. The molecular weight excluding hydrogens is 546 g/mol. The van der Waals surface area contributed by atoms with Gasteiger partial charge in [-0.1, -0.05) is 36.4 Å². The second-order valence-corrected chi connectivity index (χ2v) is 11.9. The Morgan fingerprint density at radius 1 is 1.15 bits per heavy atom. The minimum absolute atomic E-state index is 0.0271. The number of ether oxygens (including phenoxy) is 2. The summed E-state index contributed by atoms with van der Waals surface area (Å²) >= 11 is 0. The molecule has 1 aliphatic heterocycles. The highest BCUT2D eigenvalue weighted by molar-refractivity contribution is 7.89. The van der Waals surface area contributed by atoms with Gasteiger partial charge in [-0.15, -0.1) is 0 Å². The first-order valence-corrected chi connectivity index (χ1v) is 14.9. The van der Waals surface area contributed by atoms with Crippen molar-refractivity contribution < 1.29 is 32.6 Å². The summed E-state index contributed by atoms with van der Waals surface area (Å²) in [6.45, 7) is 1.67. The number of pyridine rings is 1. The van der Waals surface area contributed by atoms with Crippen molar-refractivity contribution in [2.24, 2.45) is 0 Å². The molecular formula is C30H35N3O7S. The second-order valence-electron chi connectivity index (χ2n) is 9.96. The van der Waals surface area contributed by atoms with Gasteiger partial charge in [0.05, 0.1) is 30.3 Å². The van der Waals surface area contributed by atoms with Crippen LogP contribution in [0.25, 0.3) is 0 Å². The molecule has 3 aromatic rings. The zero-order chi connectivity index (χ0) is 29.4. The number of amides is 1. The third kappa shape index (κ3) is 7.98. The lowest BCUT2D eigenvalue weighted by Gasteiger charge is -2.31. The van der Waals surface area contributed by atoms with Gasteiger partial charge in [-0.25, -0.2) is 8.42 Å². The first kappa shape index (κ1) is 30.3. The topological polar surface area (TPSA) is 135 Å². The van der Waals surface area contributed by atoms with Gasteiger partial charge >= 0.3 is 0 Å². The number of nitrogens with zero attached hydrogens (tertiary/aromatic N) is 2. The van der Waals surface area contributed by atoms with E-state index >= 15 is 0 Å². The fourth-order valence-electron chi connectivity index (χ4n) is 4.70. The van der Waals surface area contributed by atoms with Crippen LogP contribution >= 0.6 is 0 Å². The van der Waals surface area contributed by atoms with Crippen LogP contribution in [-0.2, 0) is 21.2 Å². The number of hydrogen-bond donors (Lipinski definition) is 2. The van der Waals surface area contributed by atoms with Gasteiger partial charge in [0.15, 0.2) is 5.78 Å². The maximum absolute atomic E-state index is 13.8. The van der Waals surface area contributed by atoms with Gasteiger partial charge in [0, 0.05) is 44.4 Å². The number of Topliss-reactive ketones (excluding diaryl/α,β-unsaturated/α-hetero) is 1. The molecule has 1 saturated heterocycles. The summed E-state index contributed by atoms with van der Waals surface area (Å²) in [4.78, 5) is 29.1. The smallest absolute Gasteiger partial charge is 0.251 e. The van der Waals surface area contributed by atoms with E-state index in [1.165, 1.54) is 48.8 Å². The summed E-state index contributed by atoms with van der Waals surface area (Å²) in [5.74, 6) is -0.413. The predicted octanol–water partition coefficient (Wildman–Crippen LogP) is 2.86. The second kappa shape index (κ2) is 13.8. The third-order valence-corrected chi connectivity index (χ3v) is 8.79. The first-order chi connectivity index (χ1) is 19.7. The minimum Gasteiger partial charge on any atom is -0.497 e. The Morgan fingerprint density at radius 3 is 2.61 bits per heavy atom. The normalized spacial score (nSPS) is 16.7. The summed E-state index contributed by atoms with van der Waals surface area (Å²) in [6, 6.07) is 17.4. The maximum Gasteiger partial charge on any atom is 0.251 e. The number of methoxy groups -OCH3 is 1. The van der Waals surface area contributed by atoms with Gasteiger partial charge in [-0.3, -0.25) is 14.6 Å². The molecule has 0 bridgehead atoms. The average molecular weight is 582 g/mol. The number of carbonyl (C=O) groups excluding carboxylic acids is 2. The monoisotopic (exact) mass is 581 g/mol. The number of aliphatic hydroxyl groups is 1. The number of sulfonamides is 1. The van der Waals surface area contributed by atoms with Crippen LogP contribution in [0.2, 0.25) is 0 Å². The number of aliphatic hydroxyl groups excluding tert-OH is 1. The molecule has 0 aliphatic carbocycles. The Bertz CT molecular complexity index is 1440. The Balaban J connectivity index is 1.62.